The predicted molar refractivity (Wildman–Crippen MR) is 147 cm³/mol. The van der Waals surface area contributed by atoms with E-state index in [0.29, 0.717) is 36.0 Å². The fraction of sp³-hybridized carbons (Fsp3) is 0.542. The molecule has 0 atom stereocenters. The molecule has 0 saturated heterocycles. The highest BCUT2D eigenvalue weighted by Crippen LogP contribution is 2.28. The van der Waals surface area contributed by atoms with E-state index >= 15 is 0 Å². The van der Waals surface area contributed by atoms with Crippen molar-refractivity contribution in [2.45, 2.75) is 39.3 Å². The lowest BCUT2D eigenvalue weighted by molar-refractivity contribution is -0.131. The van der Waals surface area contributed by atoms with Crippen LogP contribution in [0.5, 0.6) is 0 Å². The van der Waals surface area contributed by atoms with Crippen molar-refractivity contribution >= 4 is 55.6 Å². The maximum absolute atomic E-state index is 13.5. The van der Waals surface area contributed by atoms with E-state index in [1.807, 2.05) is 6.07 Å². The van der Waals surface area contributed by atoms with Crippen LogP contribution in [-0.2, 0) is 37.3 Å². The van der Waals surface area contributed by atoms with Gasteiger partial charge in [-0.3, -0.25) is 19.2 Å². The Morgan fingerprint density at radius 1 is 1.19 bits per heavy atom. The lowest BCUT2D eigenvalue weighted by Crippen LogP contribution is -2.42. The number of amides is 2. The number of hydrogen-bond acceptors (Lipinski definition) is 8. The largest absolute Gasteiger partial charge is 0.375 e. The molecule has 1 aromatic heterocycles. The molecule has 0 fully saturated rings. The zero-order chi connectivity index (χ0) is 27.2. The topological polar surface area (TPSA) is 112 Å². The maximum atomic E-state index is 13.5. The summed E-state index contributed by atoms with van der Waals surface area (Å²) in [6, 6.07) is 5.63. The normalized spacial score (nSPS) is 15.8. The van der Waals surface area contributed by atoms with E-state index in [9.17, 15) is 18.0 Å². The van der Waals surface area contributed by atoms with Crippen LogP contribution in [0.15, 0.2) is 23.6 Å². The molecule has 2 amide bonds. The van der Waals surface area contributed by atoms with E-state index in [1.165, 1.54) is 7.11 Å². The van der Waals surface area contributed by atoms with E-state index in [1.54, 1.807) is 27.3 Å². The number of hydrogen-bond donors (Lipinski definition) is 1. The Kier molecular flexibility index (Phi) is 10.3. The molecule has 13 heteroatoms. The smallest absolute Gasteiger partial charge is 0.252 e. The molecule has 10 nitrogen and oxygen atoms in total. The third-order valence-corrected chi connectivity index (χ3v) is 7.73. The van der Waals surface area contributed by atoms with Crippen LogP contribution in [0.25, 0.3) is 0 Å². The van der Waals surface area contributed by atoms with Gasteiger partial charge in [-0.05, 0) is 38.0 Å². The summed E-state index contributed by atoms with van der Waals surface area (Å²) in [5.41, 5.74) is 1.96. The number of fused-ring (bicyclic) bond motifs is 1. The Morgan fingerprint density at radius 2 is 1.95 bits per heavy atom. The first-order valence-electron chi connectivity index (χ1n) is 12.0. The highest BCUT2D eigenvalue weighted by atomic mass is 35.5. The summed E-state index contributed by atoms with van der Waals surface area (Å²) < 4.78 is 30.5. The number of halogens is 1. The molecule has 2 aromatic rings. The quantitative estimate of drug-likeness (QED) is 0.544. The van der Waals surface area contributed by atoms with Gasteiger partial charge in [-0.2, -0.15) is 0 Å². The van der Waals surface area contributed by atoms with E-state index < -0.39 is 10.0 Å². The van der Waals surface area contributed by atoms with Crippen LogP contribution in [0.4, 0.5) is 10.8 Å². The van der Waals surface area contributed by atoms with Crippen LogP contribution >= 0.6 is 22.9 Å². The fourth-order valence-electron chi connectivity index (χ4n) is 4.17. The first-order chi connectivity index (χ1) is 17.5. The summed E-state index contributed by atoms with van der Waals surface area (Å²) in [7, 11) is -1.97. The van der Waals surface area contributed by atoms with E-state index in [2.05, 4.69) is 28.5 Å². The highest BCUT2D eigenvalue weighted by molar-refractivity contribution is 7.92. The molecule has 0 bridgehead atoms. The first-order valence-corrected chi connectivity index (χ1v) is 15.1. The third kappa shape index (κ3) is 8.64. The molecule has 1 aromatic carbocycles. The van der Waals surface area contributed by atoms with Crippen LogP contribution in [0.3, 0.4) is 0 Å². The molecule has 1 N–H and O–H groups in total. The number of ether oxygens (including phenoxy) is 1. The van der Waals surface area contributed by atoms with E-state index in [4.69, 9.17) is 16.3 Å². The van der Waals surface area contributed by atoms with Gasteiger partial charge in [-0.25, -0.2) is 13.4 Å². The lowest BCUT2D eigenvalue weighted by atomic mass is 10.1. The van der Waals surface area contributed by atoms with Crippen molar-refractivity contribution in [2.24, 2.45) is 0 Å². The summed E-state index contributed by atoms with van der Waals surface area (Å²) in [5, 5.41) is 2.40. The Hall–Kier alpha value is -2.25. The van der Waals surface area contributed by atoms with Gasteiger partial charge in [0, 0.05) is 56.3 Å². The molecule has 2 heterocycles. The molecular weight excluding hydrogens is 538 g/mol. The number of aromatic nitrogens is 1. The van der Waals surface area contributed by atoms with Crippen LogP contribution in [0, 0.1) is 0 Å². The molecule has 1 aliphatic heterocycles. The van der Waals surface area contributed by atoms with Gasteiger partial charge in [0.25, 0.3) is 5.91 Å². The monoisotopic (exact) mass is 571 g/mol. The number of sulfonamides is 1. The van der Waals surface area contributed by atoms with Crippen molar-refractivity contribution in [2.75, 3.05) is 55.8 Å². The van der Waals surface area contributed by atoms with Gasteiger partial charge in [0.1, 0.15) is 6.61 Å². The Bertz CT molecular complexity index is 1200. The van der Waals surface area contributed by atoms with Crippen LogP contribution in [-0.4, -0.2) is 87.2 Å². The van der Waals surface area contributed by atoms with Gasteiger partial charge in [0.05, 0.1) is 24.1 Å². The second-order valence-electron chi connectivity index (χ2n) is 9.24. The molecule has 204 valence electrons. The van der Waals surface area contributed by atoms with Crippen molar-refractivity contribution < 1.29 is 22.7 Å². The van der Waals surface area contributed by atoms with Crippen LogP contribution in [0.1, 0.15) is 31.5 Å². The van der Waals surface area contributed by atoms with Crippen molar-refractivity contribution in [3.8, 4) is 0 Å². The lowest BCUT2D eigenvalue weighted by Gasteiger charge is -2.30. The van der Waals surface area contributed by atoms with Crippen molar-refractivity contribution in [3.63, 3.8) is 0 Å². The number of anilines is 2. The average molecular weight is 572 g/mol. The second kappa shape index (κ2) is 13.0. The SMILES string of the molecule is COCC(=O)N1CCCN(C(C)C)CCN(C(=O)Cc2csc(NS(C)(=O)=O)n2)Cc2ccc(Cl)cc21. The maximum Gasteiger partial charge on any atom is 0.252 e. The Balaban J connectivity index is 1.92. The number of thiazole rings is 1. The molecular formula is C24H34ClN5O5S2. The number of carbonyl (C=O) groups excluding carboxylic acids is 2. The summed E-state index contributed by atoms with van der Waals surface area (Å²) in [6.07, 6.45) is 1.83. The van der Waals surface area contributed by atoms with E-state index in [-0.39, 0.29) is 42.6 Å². The molecule has 1 aliphatic rings. The number of carbonyl (C=O) groups is 2. The minimum atomic E-state index is -3.46. The van der Waals surface area contributed by atoms with Crippen LogP contribution < -0.4 is 9.62 Å². The Labute approximate surface area is 227 Å². The first kappa shape index (κ1) is 29.3. The van der Waals surface area contributed by atoms with Gasteiger partial charge < -0.3 is 14.5 Å². The number of nitrogens with zero attached hydrogens (tertiary/aromatic N) is 4. The minimum absolute atomic E-state index is 0.0266. The number of rotatable bonds is 7. The van der Waals surface area contributed by atoms with Crippen molar-refractivity contribution in [1.82, 2.24) is 14.8 Å². The molecule has 3 rings (SSSR count). The van der Waals surface area contributed by atoms with Crippen molar-refractivity contribution in [3.05, 3.63) is 39.9 Å². The molecule has 0 aliphatic carbocycles. The standard InChI is InChI=1S/C24H34ClN5O5S2/c1-17(2)28-8-5-9-30(23(32)15-35-3)21-12-19(25)7-6-18(21)14-29(11-10-28)22(31)13-20-16-36-24(26-20)27-37(4,33)34/h6-7,12,16-17H,5,8-11,13-15H2,1-4H3,(H,26,27). The number of benzene rings is 1. The number of nitrogens with one attached hydrogen (secondary N) is 1. The molecule has 37 heavy (non-hydrogen) atoms. The highest BCUT2D eigenvalue weighted by Gasteiger charge is 2.25. The Morgan fingerprint density at radius 3 is 2.62 bits per heavy atom. The van der Waals surface area contributed by atoms with Gasteiger partial charge in [0.15, 0.2) is 5.13 Å². The van der Waals surface area contributed by atoms with Gasteiger partial charge in [0.2, 0.25) is 15.9 Å². The molecule has 0 unspecified atom stereocenters. The minimum Gasteiger partial charge on any atom is -0.375 e. The van der Waals surface area contributed by atoms with E-state index in [0.717, 1.165) is 36.1 Å². The zero-order valence-corrected chi connectivity index (χ0v) is 24.0. The van der Waals surface area contributed by atoms with Crippen LogP contribution in [0.2, 0.25) is 5.02 Å². The number of methoxy groups -OCH3 is 1. The van der Waals surface area contributed by atoms with Gasteiger partial charge >= 0.3 is 0 Å². The third-order valence-electron chi connectivity index (χ3n) is 5.99. The molecule has 0 saturated carbocycles. The fourth-order valence-corrected chi connectivity index (χ4v) is 5.90. The summed E-state index contributed by atoms with van der Waals surface area (Å²) in [6.45, 7) is 6.88. The summed E-state index contributed by atoms with van der Waals surface area (Å²) in [5.74, 6) is -0.317. The molecule has 0 spiro atoms. The predicted octanol–water partition coefficient (Wildman–Crippen LogP) is 2.83. The zero-order valence-electron chi connectivity index (χ0n) is 21.6. The average Bonchev–Trinajstić information content (AvgIpc) is 3.21. The van der Waals surface area contributed by atoms with Crippen molar-refractivity contribution in [1.29, 1.82) is 0 Å². The summed E-state index contributed by atoms with van der Waals surface area (Å²) in [4.78, 5) is 36.5. The summed E-state index contributed by atoms with van der Waals surface area (Å²) >= 11 is 7.46. The molecule has 0 radical (unpaired) electrons. The van der Waals surface area contributed by atoms with Gasteiger partial charge in [-0.1, -0.05) is 17.7 Å². The second-order valence-corrected chi connectivity index (χ2v) is 12.3. The van der Waals surface area contributed by atoms with Gasteiger partial charge in [-0.15, -0.1) is 11.3 Å².